The van der Waals surface area contributed by atoms with Gasteiger partial charge in [0, 0.05) is 33.1 Å². The predicted molar refractivity (Wildman–Crippen MR) is 68.2 cm³/mol. The third-order valence-corrected chi connectivity index (χ3v) is 3.04. The summed E-state index contributed by atoms with van der Waals surface area (Å²) in [5, 5.41) is 5.79. The summed E-state index contributed by atoms with van der Waals surface area (Å²) in [7, 11) is 1.63. The highest BCUT2D eigenvalue weighted by Gasteiger charge is 2.29. The van der Waals surface area contributed by atoms with E-state index in [9.17, 15) is 9.59 Å². The van der Waals surface area contributed by atoms with Gasteiger partial charge in [0.25, 0.3) is 0 Å². The molecule has 1 saturated heterocycles. The van der Waals surface area contributed by atoms with E-state index >= 15 is 0 Å². The molecule has 0 bridgehead atoms. The van der Waals surface area contributed by atoms with Crippen LogP contribution in [-0.4, -0.2) is 62.7 Å². The smallest absolute Gasteiger partial charge is 0.324 e. The molecule has 18 heavy (non-hydrogen) atoms. The Labute approximate surface area is 108 Å². The van der Waals surface area contributed by atoms with E-state index in [4.69, 9.17) is 4.74 Å². The number of rotatable bonds is 6. The van der Waals surface area contributed by atoms with Crippen molar-refractivity contribution in [3.05, 3.63) is 0 Å². The molecule has 0 aromatic rings. The fourth-order valence-electron chi connectivity index (χ4n) is 2.05. The minimum absolute atomic E-state index is 0.0396. The number of carbonyl (C=O) groups is 2. The third kappa shape index (κ3) is 4.62. The highest BCUT2D eigenvalue weighted by atomic mass is 16.5. The molecule has 0 spiro atoms. The predicted octanol–water partition coefficient (Wildman–Crippen LogP) is -0.650. The molecular formula is C12H23N3O3. The van der Waals surface area contributed by atoms with Crippen LogP contribution in [0.1, 0.15) is 19.8 Å². The number of carbonyl (C=O) groups excluding carboxylic acids is 2. The Morgan fingerprint density at radius 2 is 2.28 bits per heavy atom. The van der Waals surface area contributed by atoms with Gasteiger partial charge in [-0.1, -0.05) is 0 Å². The molecular weight excluding hydrogens is 234 g/mol. The van der Waals surface area contributed by atoms with Crippen molar-refractivity contribution in [1.29, 1.82) is 0 Å². The second-order valence-electron chi connectivity index (χ2n) is 4.28. The van der Waals surface area contributed by atoms with Crippen molar-refractivity contribution in [2.24, 2.45) is 0 Å². The summed E-state index contributed by atoms with van der Waals surface area (Å²) in [6, 6.07) is -0.219. The largest absolute Gasteiger partial charge is 0.465 e. The van der Waals surface area contributed by atoms with Crippen molar-refractivity contribution < 1.29 is 14.3 Å². The van der Waals surface area contributed by atoms with Crippen molar-refractivity contribution in [3.63, 3.8) is 0 Å². The van der Waals surface area contributed by atoms with Crippen LogP contribution in [0.25, 0.3) is 0 Å². The van der Waals surface area contributed by atoms with Crippen molar-refractivity contribution in [2.75, 3.05) is 39.8 Å². The molecule has 6 nitrogen and oxygen atoms in total. The van der Waals surface area contributed by atoms with Crippen LogP contribution < -0.4 is 10.6 Å². The Morgan fingerprint density at radius 3 is 2.94 bits per heavy atom. The minimum atomic E-state index is -0.219. The van der Waals surface area contributed by atoms with E-state index < -0.39 is 0 Å². The summed E-state index contributed by atoms with van der Waals surface area (Å²) in [4.78, 5) is 25.0. The lowest BCUT2D eigenvalue weighted by molar-refractivity contribution is -0.150. The summed E-state index contributed by atoms with van der Waals surface area (Å²) in [6.45, 7) is 5.27. The molecule has 1 unspecified atom stereocenters. The molecule has 0 saturated carbocycles. The molecule has 2 N–H and O–H groups in total. The van der Waals surface area contributed by atoms with Crippen LogP contribution in [0.15, 0.2) is 0 Å². The summed E-state index contributed by atoms with van der Waals surface area (Å²) >= 11 is 0. The van der Waals surface area contributed by atoms with Gasteiger partial charge in [-0.25, -0.2) is 0 Å². The molecule has 6 heteroatoms. The maximum atomic E-state index is 11.8. The van der Waals surface area contributed by atoms with Crippen molar-refractivity contribution in [2.45, 2.75) is 25.8 Å². The zero-order valence-corrected chi connectivity index (χ0v) is 11.2. The molecule has 0 aromatic carbocycles. The number of nitrogens with zero attached hydrogens (tertiary/aromatic N) is 1. The maximum absolute atomic E-state index is 11.8. The van der Waals surface area contributed by atoms with Crippen LogP contribution in [-0.2, 0) is 14.3 Å². The normalized spacial score (nSPS) is 20.4. The van der Waals surface area contributed by atoms with Gasteiger partial charge in [-0.3, -0.25) is 14.5 Å². The molecule has 0 radical (unpaired) electrons. The Balaban J connectivity index is 2.39. The lowest BCUT2D eigenvalue weighted by Gasteiger charge is -2.34. The molecule has 1 fully saturated rings. The first-order chi connectivity index (χ1) is 8.69. The number of esters is 1. The molecule has 1 atom stereocenters. The lowest BCUT2D eigenvalue weighted by atomic mass is 10.1. The zero-order valence-electron chi connectivity index (χ0n) is 11.2. The number of hydrogen-bond acceptors (Lipinski definition) is 5. The second kappa shape index (κ2) is 8.05. The molecule has 1 heterocycles. The van der Waals surface area contributed by atoms with Gasteiger partial charge in [-0.2, -0.15) is 0 Å². The van der Waals surface area contributed by atoms with E-state index in [1.807, 2.05) is 6.92 Å². The average Bonchev–Trinajstić information content (AvgIpc) is 2.39. The van der Waals surface area contributed by atoms with Gasteiger partial charge in [0.15, 0.2) is 0 Å². The Kier molecular flexibility index (Phi) is 6.67. The van der Waals surface area contributed by atoms with Gasteiger partial charge < -0.3 is 15.4 Å². The average molecular weight is 257 g/mol. The number of nitrogens with one attached hydrogen (secondary N) is 2. The van der Waals surface area contributed by atoms with E-state index in [0.717, 1.165) is 26.1 Å². The van der Waals surface area contributed by atoms with E-state index in [2.05, 4.69) is 15.5 Å². The van der Waals surface area contributed by atoms with Crippen LogP contribution in [0.2, 0.25) is 0 Å². The Bertz CT molecular complexity index is 284. The highest BCUT2D eigenvalue weighted by Crippen LogP contribution is 2.07. The van der Waals surface area contributed by atoms with Gasteiger partial charge in [0.2, 0.25) is 5.91 Å². The minimum Gasteiger partial charge on any atom is -0.465 e. The number of ether oxygens (including phenoxy) is 1. The third-order valence-electron chi connectivity index (χ3n) is 3.04. The monoisotopic (exact) mass is 257 g/mol. The highest BCUT2D eigenvalue weighted by molar-refractivity contribution is 5.76. The van der Waals surface area contributed by atoms with E-state index in [0.29, 0.717) is 19.6 Å². The fraction of sp³-hybridized carbons (Fsp3) is 0.833. The van der Waals surface area contributed by atoms with Crippen molar-refractivity contribution in [3.8, 4) is 0 Å². The standard InChI is InChI=1S/C12H23N3O3/c1-3-18-12(17)10-9-14-6-8-15(10)7-4-5-11(16)13-2/h10,14H,3-9H2,1-2H3,(H,13,16). The van der Waals surface area contributed by atoms with E-state index in [1.165, 1.54) is 0 Å². The SMILES string of the molecule is CCOC(=O)C1CNCCN1CCCC(=O)NC. The van der Waals surface area contributed by atoms with Crippen LogP contribution in [0.4, 0.5) is 0 Å². The number of amides is 1. The van der Waals surface area contributed by atoms with Gasteiger partial charge in [-0.05, 0) is 19.9 Å². The summed E-state index contributed by atoms with van der Waals surface area (Å²) in [5.41, 5.74) is 0. The molecule has 1 rings (SSSR count). The first-order valence-electron chi connectivity index (χ1n) is 6.51. The van der Waals surface area contributed by atoms with Crippen molar-refractivity contribution >= 4 is 11.9 Å². The van der Waals surface area contributed by atoms with Crippen LogP contribution in [0.5, 0.6) is 0 Å². The fourth-order valence-corrected chi connectivity index (χ4v) is 2.05. The maximum Gasteiger partial charge on any atom is 0.324 e. The topological polar surface area (TPSA) is 70.7 Å². The zero-order chi connectivity index (χ0) is 13.4. The van der Waals surface area contributed by atoms with Crippen molar-refractivity contribution in [1.82, 2.24) is 15.5 Å². The molecule has 1 aliphatic heterocycles. The second-order valence-corrected chi connectivity index (χ2v) is 4.28. The Hall–Kier alpha value is -1.14. The quantitative estimate of drug-likeness (QED) is 0.619. The first kappa shape index (κ1) is 14.9. The summed E-state index contributed by atoms with van der Waals surface area (Å²) in [5.74, 6) is -0.137. The summed E-state index contributed by atoms with van der Waals surface area (Å²) in [6.07, 6.45) is 1.26. The van der Waals surface area contributed by atoms with E-state index in [-0.39, 0.29) is 17.9 Å². The molecule has 104 valence electrons. The molecule has 0 aromatic heterocycles. The lowest BCUT2D eigenvalue weighted by Crippen LogP contribution is -2.55. The first-order valence-corrected chi connectivity index (χ1v) is 6.51. The van der Waals surface area contributed by atoms with Gasteiger partial charge in [0.1, 0.15) is 6.04 Å². The molecule has 1 amide bonds. The summed E-state index contributed by atoms with van der Waals surface area (Å²) < 4.78 is 5.06. The van der Waals surface area contributed by atoms with Crippen LogP contribution >= 0.6 is 0 Å². The van der Waals surface area contributed by atoms with Crippen LogP contribution in [0.3, 0.4) is 0 Å². The molecule has 0 aliphatic carbocycles. The number of hydrogen-bond donors (Lipinski definition) is 2. The van der Waals surface area contributed by atoms with Crippen LogP contribution in [0, 0.1) is 0 Å². The van der Waals surface area contributed by atoms with Gasteiger partial charge >= 0.3 is 5.97 Å². The van der Waals surface area contributed by atoms with Gasteiger partial charge in [-0.15, -0.1) is 0 Å². The Morgan fingerprint density at radius 1 is 1.50 bits per heavy atom. The molecule has 1 aliphatic rings. The van der Waals surface area contributed by atoms with Gasteiger partial charge in [0.05, 0.1) is 6.61 Å². The number of piperazine rings is 1. The van der Waals surface area contributed by atoms with E-state index in [1.54, 1.807) is 7.05 Å².